The maximum atomic E-state index is 11.9. The second-order valence-corrected chi connectivity index (χ2v) is 5.15. The molecule has 1 fully saturated rings. The van der Waals surface area contributed by atoms with Gasteiger partial charge in [0.1, 0.15) is 13.2 Å². The molecule has 0 aromatic heterocycles. The van der Waals surface area contributed by atoms with Crippen LogP contribution in [-0.4, -0.2) is 36.8 Å². The molecule has 2 heterocycles. The average molecular weight is 303 g/mol. The second-order valence-electron chi connectivity index (χ2n) is 4.12. The number of benzene rings is 1. The molecule has 5 nitrogen and oxygen atoms in total. The van der Waals surface area contributed by atoms with Crippen LogP contribution in [0.3, 0.4) is 0 Å². The summed E-state index contributed by atoms with van der Waals surface area (Å²) in [5.74, 6) is 3.06. The Hall–Kier alpha value is -1.11. The highest BCUT2D eigenvalue weighted by Gasteiger charge is 2.23. The van der Waals surface area contributed by atoms with Gasteiger partial charge in [0.15, 0.2) is 11.5 Å². The summed E-state index contributed by atoms with van der Waals surface area (Å²) in [6, 6.07) is 5.34. The maximum Gasteiger partial charge on any atom is 0.242 e. The normalized spacial score (nSPS) is 20.5. The average Bonchev–Trinajstić information content (AvgIpc) is 2.92. The molecule has 7 heteroatoms. The minimum atomic E-state index is -0.108. The van der Waals surface area contributed by atoms with Gasteiger partial charge >= 0.3 is 0 Å². The lowest BCUT2D eigenvalue weighted by atomic mass is 10.2. The molecule has 1 atom stereocenters. The van der Waals surface area contributed by atoms with Crippen LogP contribution in [0.15, 0.2) is 18.2 Å². The summed E-state index contributed by atoms with van der Waals surface area (Å²) in [5, 5.41) is 6.02. The fourth-order valence-corrected chi connectivity index (χ4v) is 2.86. The Bertz CT molecular complexity index is 466. The van der Waals surface area contributed by atoms with Crippen LogP contribution in [0.25, 0.3) is 0 Å². The molecule has 2 aliphatic rings. The highest BCUT2D eigenvalue weighted by molar-refractivity contribution is 7.99. The van der Waals surface area contributed by atoms with Crippen LogP contribution in [0.1, 0.15) is 0 Å². The standard InChI is InChI=1S/C12H14N2O3S.ClH/c15-12(9-6-18-7-13-9)14-8-1-2-10-11(5-8)17-4-3-16-10;/h1-2,5,9,13H,3-4,6-7H2,(H,14,15);1H. The molecule has 19 heavy (non-hydrogen) atoms. The molecule has 0 spiro atoms. The van der Waals surface area contributed by atoms with Gasteiger partial charge in [0, 0.05) is 23.4 Å². The number of fused-ring (bicyclic) bond motifs is 1. The topological polar surface area (TPSA) is 59.6 Å². The third-order valence-electron chi connectivity index (χ3n) is 2.84. The van der Waals surface area contributed by atoms with Crippen molar-refractivity contribution in [2.24, 2.45) is 0 Å². The molecule has 104 valence electrons. The van der Waals surface area contributed by atoms with Gasteiger partial charge in [-0.3, -0.25) is 10.1 Å². The lowest BCUT2D eigenvalue weighted by Crippen LogP contribution is -2.37. The summed E-state index contributed by atoms with van der Waals surface area (Å²) >= 11 is 1.73. The van der Waals surface area contributed by atoms with E-state index in [4.69, 9.17) is 9.47 Å². The number of thioether (sulfide) groups is 1. The van der Waals surface area contributed by atoms with E-state index < -0.39 is 0 Å². The summed E-state index contributed by atoms with van der Waals surface area (Å²) in [5.41, 5.74) is 0.739. The van der Waals surface area contributed by atoms with Gasteiger partial charge < -0.3 is 14.8 Å². The van der Waals surface area contributed by atoms with Crippen molar-refractivity contribution in [3.8, 4) is 11.5 Å². The number of anilines is 1. The quantitative estimate of drug-likeness (QED) is 0.866. The molecule has 1 amide bonds. The van der Waals surface area contributed by atoms with Gasteiger partial charge in [-0.2, -0.15) is 0 Å². The molecular formula is C12H15ClN2O3S. The molecule has 1 unspecified atom stereocenters. The number of carbonyl (C=O) groups excluding carboxylic acids is 1. The van der Waals surface area contributed by atoms with Gasteiger partial charge in [0.2, 0.25) is 5.91 Å². The number of nitrogens with one attached hydrogen (secondary N) is 2. The van der Waals surface area contributed by atoms with Crippen molar-refractivity contribution in [1.29, 1.82) is 0 Å². The Morgan fingerprint density at radius 2 is 2.11 bits per heavy atom. The van der Waals surface area contributed by atoms with Gasteiger partial charge in [-0.15, -0.1) is 24.2 Å². The zero-order valence-electron chi connectivity index (χ0n) is 10.2. The van der Waals surface area contributed by atoms with E-state index >= 15 is 0 Å². The first kappa shape index (κ1) is 14.3. The Morgan fingerprint density at radius 3 is 2.84 bits per heavy atom. The zero-order valence-corrected chi connectivity index (χ0v) is 11.8. The van der Waals surface area contributed by atoms with Gasteiger partial charge in [-0.05, 0) is 12.1 Å². The first-order valence-electron chi connectivity index (χ1n) is 5.84. The molecular weight excluding hydrogens is 288 g/mol. The predicted octanol–water partition coefficient (Wildman–Crippen LogP) is 1.48. The first-order valence-corrected chi connectivity index (χ1v) is 7.00. The number of ether oxygens (including phenoxy) is 2. The summed E-state index contributed by atoms with van der Waals surface area (Å²) in [7, 11) is 0. The van der Waals surface area contributed by atoms with Crippen LogP contribution in [-0.2, 0) is 4.79 Å². The molecule has 0 aliphatic carbocycles. The van der Waals surface area contributed by atoms with E-state index in [-0.39, 0.29) is 24.4 Å². The Kier molecular flexibility index (Phi) is 4.79. The van der Waals surface area contributed by atoms with Crippen LogP contribution >= 0.6 is 24.2 Å². The van der Waals surface area contributed by atoms with Gasteiger partial charge in [0.05, 0.1) is 6.04 Å². The molecule has 2 N–H and O–H groups in total. The fourth-order valence-electron chi connectivity index (χ4n) is 1.91. The Balaban J connectivity index is 0.00000133. The molecule has 1 aromatic carbocycles. The SMILES string of the molecule is Cl.O=C(Nc1ccc2c(c1)OCCO2)C1CSCN1. The van der Waals surface area contributed by atoms with E-state index in [9.17, 15) is 4.79 Å². The predicted molar refractivity (Wildman–Crippen MR) is 77.6 cm³/mol. The zero-order chi connectivity index (χ0) is 12.4. The van der Waals surface area contributed by atoms with Crippen molar-refractivity contribution < 1.29 is 14.3 Å². The number of amides is 1. The third-order valence-corrected chi connectivity index (χ3v) is 3.78. The molecule has 0 bridgehead atoms. The Labute approximate surface area is 121 Å². The summed E-state index contributed by atoms with van der Waals surface area (Å²) < 4.78 is 10.9. The van der Waals surface area contributed by atoms with E-state index in [0.717, 1.165) is 23.1 Å². The van der Waals surface area contributed by atoms with Crippen molar-refractivity contribution in [3.05, 3.63) is 18.2 Å². The second kappa shape index (κ2) is 6.36. The van der Waals surface area contributed by atoms with Crippen LogP contribution in [0.4, 0.5) is 5.69 Å². The van der Waals surface area contributed by atoms with Crippen molar-refractivity contribution in [2.45, 2.75) is 6.04 Å². The number of hydrogen-bond acceptors (Lipinski definition) is 5. The number of hydrogen-bond donors (Lipinski definition) is 2. The number of rotatable bonds is 2. The van der Waals surface area contributed by atoms with Gasteiger partial charge in [-0.25, -0.2) is 0 Å². The van der Waals surface area contributed by atoms with Crippen molar-refractivity contribution >= 4 is 35.8 Å². The monoisotopic (exact) mass is 302 g/mol. The number of carbonyl (C=O) groups is 1. The molecule has 0 saturated carbocycles. The van der Waals surface area contributed by atoms with E-state index in [1.807, 2.05) is 12.1 Å². The van der Waals surface area contributed by atoms with E-state index in [0.29, 0.717) is 19.0 Å². The molecule has 1 saturated heterocycles. The smallest absolute Gasteiger partial charge is 0.242 e. The Morgan fingerprint density at radius 1 is 1.32 bits per heavy atom. The van der Waals surface area contributed by atoms with Crippen LogP contribution in [0.2, 0.25) is 0 Å². The lowest BCUT2D eigenvalue weighted by molar-refractivity contribution is -0.117. The summed E-state index contributed by atoms with van der Waals surface area (Å²) in [6.45, 7) is 1.12. The molecule has 0 radical (unpaired) electrons. The maximum absolute atomic E-state index is 11.9. The van der Waals surface area contributed by atoms with Crippen LogP contribution < -0.4 is 20.1 Å². The molecule has 1 aromatic rings. The highest BCUT2D eigenvalue weighted by Crippen LogP contribution is 2.32. The van der Waals surface area contributed by atoms with Crippen molar-refractivity contribution in [3.63, 3.8) is 0 Å². The minimum Gasteiger partial charge on any atom is -0.486 e. The third kappa shape index (κ3) is 3.26. The van der Waals surface area contributed by atoms with Crippen molar-refractivity contribution in [2.75, 3.05) is 30.2 Å². The largest absolute Gasteiger partial charge is 0.486 e. The van der Waals surface area contributed by atoms with Crippen molar-refractivity contribution in [1.82, 2.24) is 5.32 Å². The van der Waals surface area contributed by atoms with Crippen LogP contribution in [0.5, 0.6) is 11.5 Å². The summed E-state index contributed by atoms with van der Waals surface area (Å²) in [6.07, 6.45) is 0. The fraction of sp³-hybridized carbons (Fsp3) is 0.417. The van der Waals surface area contributed by atoms with E-state index in [1.54, 1.807) is 17.8 Å². The first-order chi connectivity index (χ1) is 8.83. The lowest BCUT2D eigenvalue weighted by Gasteiger charge is -2.19. The van der Waals surface area contributed by atoms with Crippen LogP contribution in [0, 0.1) is 0 Å². The van der Waals surface area contributed by atoms with Gasteiger partial charge in [0.25, 0.3) is 0 Å². The highest BCUT2D eigenvalue weighted by atomic mass is 35.5. The molecule has 3 rings (SSSR count). The molecule has 2 aliphatic heterocycles. The van der Waals surface area contributed by atoms with Gasteiger partial charge in [-0.1, -0.05) is 0 Å². The number of halogens is 1. The minimum absolute atomic E-state index is 0. The van der Waals surface area contributed by atoms with E-state index in [2.05, 4.69) is 10.6 Å². The van der Waals surface area contributed by atoms with E-state index in [1.165, 1.54) is 0 Å². The summed E-state index contributed by atoms with van der Waals surface area (Å²) in [4.78, 5) is 11.9.